The summed E-state index contributed by atoms with van der Waals surface area (Å²) in [5.41, 5.74) is 0. The third-order valence-electron chi connectivity index (χ3n) is 2.85. The van der Waals surface area contributed by atoms with Gasteiger partial charge in [0.1, 0.15) is 0 Å². The number of likely N-dealkylation sites (tertiary alicyclic amines) is 1. The summed E-state index contributed by atoms with van der Waals surface area (Å²) in [6.45, 7) is 4.78. The van der Waals surface area contributed by atoms with E-state index in [0.29, 0.717) is 5.92 Å². The van der Waals surface area contributed by atoms with Crippen LogP contribution in [-0.2, 0) is 0 Å². The normalized spacial score (nSPS) is 17.9. The Morgan fingerprint density at radius 3 is 2.73 bits per heavy atom. The highest BCUT2D eigenvalue weighted by molar-refractivity contribution is 5.74. The molecule has 1 aliphatic heterocycles. The number of rotatable bonds is 5. The van der Waals surface area contributed by atoms with Gasteiger partial charge in [0.25, 0.3) is 0 Å². The number of hydrogen-bond acceptors (Lipinski definition) is 2. The van der Waals surface area contributed by atoms with E-state index in [2.05, 4.69) is 5.32 Å². The Morgan fingerprint density at radius 2 is 2.13 bits per heavy atom. The van der Waals surface area contributed by atoms with E-state index in [1.807, 2.05) is 11.8 Å². The van der Waals surface area contributed by atoms with Crippen LogP contribution in [0.15, 0.2) is 0 Å². The fourth-order valence-electron chi connectivity index (χ4n) is 1.77. The molecule has 4 nitrogen and oxygen atoms in total. The van der Waals surface area contributed by atoms with Gasteiger partial charge in [-0.2, -0.15) is 0 Å². The summed E-state index contributed by atoms with van der Waals surface area (Å²) in [5.74, 6) is 0.341. The molecular formula is C11H22N2O2. The summed E-state index contributed by atoms with van der Waals surface area (Å²) < 4.78 is 0. The van der Waals surface area contributed by atoms with Crippen LogP contribution < -0.4 is 5.32 Å². The van der Waals surface area contributed by atoms with Crippen molar-refractivity contribution in [2.75, 3.05) is 26.2 Å². The van der Waals surface area contributed by atoms with Gasteiger partial charge in [-0.05, 0) is 31.6 Å². The Labute approximate surface area is 91.6 Å². The average Bonchev–Trinajstić information content (AvgIpc) is 2.77. The smallest absolute Gasteiger partial charge is 0.317 e. The fourth-order valence-corrected chi connectivity index (χ4v) is 1.77. The quantitative estimate of drug-likeness (QED) is 0.676. The first-order valence-corrected chi connectivity index (χ1v) is 5.87. The third-order valence-corrected chi connectivity index (χ3v) is 2.85. The number of aliphatic hydroxyl groups excluding tert-OH is 1. The highest BCUT2D eigenvalue weighted by Gasteiger charge is 2.16. The molecule has 0 aromatic carbocycles. The highest BCUT2D eigenvalue weighted by atomic mass is 16.3. The second kappa shape index (κ2) is 6.67. The van der Waals surface area contributed by atoms with E-state index in [-0.39, 0.29) is 12.6 Å². The fraction of sp³-hybridized carbons (Fsp3) is 0.909. The first kappa shape index (κ1) is 12.3. The first-order valence-electron chi connectivity index (χ1n) is 5.87. The predicted octanol–water partition coefficient (Wildman–Crippen LogP) is 1.20. The molecule has 15 heavy (non-hydrogen) atoms. The summed E-state index contributed by atoms with van der Waals surface area (Å²) in [7, 11) is 0. The zero-order valence-electron chi connectivity index (χ0n) is 9.54. The lowest BCUT2D eigenvalue weighted by atomic mass is 10.1. The van der Waals surface area contributed by atoms with Crippen molar-refractivity contribution in [3.05, 3.63) is 0 Å². The number of hydrogen-bond donors (Lipinski definition) is 2. The Hall–Kier alpha value is -0.770. The Bertz CT molecular complexity index is 191. The maximum atomic E-state index is 11.5. The molecule has 1 unspecified atom stereocenters. The Kier molecular flexibility index (Phi) is 5.47. The summed E-state index contributed by atoms with van der Waals surface area (Å²) in [5, 5.41) is 11.7. The van der Waals surface area contributed by atoms with Crippen LogP contribution in [0.4, 0.5) is 4.79 Å². The number of amides is 2. The largest absolute Gasteiger partial charge is 0.396 e. The van der Waals surface area contributed by atoms with Gasteiger partial charge in [0.2, 0.25) is 0 Å². The van der Waals surface area contributed by atoms with Gasteiger partial charge in [0.05, 0.1) is 0 Å². The maximum absolute atomic E-state index is 11.5. The van der Waals surface area contributed by atoms with Gasteiger partial charge in [-0.1, -0.05) is 6.92 Å². The van der Waals surface area contributed by atoms with Gasteiger partial charge < -0.3 is 15.3 Å². The molecule has 0 spiro atoms. The van der Waals surface area contributed by atoms with Gasteiger partial charge in [0.15, 0.2) is 0 Å². The molecule has 2 amide bonds. The van der Waals surface area contributed by atoms with Crippen LogP contribution in [0.2, 0.25) is 0 Å². The molecule has 0 bridgehead atoms. The van der Waals surface area contributed by atoms with Crippen LogP contribution in [0.3, 0.4) is 0 Å². The lowest BCUT2D eigenvalue weighted by Gasteiger charge is -2.16. The monoisotopic (exact) mass is 214 g/mol. The molecule has 0 aliphatic carbocycles. The summed E-state index contributed by atoms with van der Waals surface area (Å²) in [4.78, 5) is 13.4. The van der Waals surface area contributed by atoms with E-state index in [0.717, 1.165) is 45.3 Å². The predicted molar refractivity (Wildman–Crippen MR) is 59.7 cm³/mol. The first-order chi connectivity index (χ1) is 7.24. The molecule has 2 N–H and O–H groups in total. The molecule has 0 aromatic rings. The lowest BCUT2D eigenvalue weighted by molar-refractivity contribution is 0.207. The number of aliphatic hydroxyl groups is 1. The van der Waals surface area contributed by atoms with E-state index in [1.165, 1.54) is 0 Å². The van der Waals surface area contributed by atoms with Gasteiger partial charge >= 0.3 is 6.03 Å². The van der Waals surface area contributed by atoms with Crippen LogP contribution in [0.1, 0.15) is 32.6 Å². The summed E-state index contributed by atoms with van der Waals surface area (Å²) >= 11 is 0. The van der Waals surface area contributed by atoms with Gasteiger partial charge in [-0.25, -0.2) is 4.79 Å². The topological polar surface area (TPSA) is 52.6 Å². The second-order valence-electron chi connectivity index (χ2n) is 4.36. The van der Waals surface area contributed by atoms with Crippen molar-refractivity contribution in [3.63, 3.8) is 0 Å². The van der Waals surface area contributed by atoms with E-state index in [9.17, 15) is 4.79 Å². The zero-order valence-corrected chi connectivity index (χ0v) is 9.54. The highest BCUT2D eigenvalue weighted by Crippen LogP contribution is 2.07. The van der Waals surface area contributed by atoms with Crippen molar-refractivity contribution < 1.29 is 9.90 Å². The molecule has 0 radical (unpaired) electrons. The maximum Gasteiger partial charge on any atom is 0.317 e. The van der Waals surface area contributed by atoms with Crippen LogP contribution in [0, 0.1) is 5.92 Å². The number of carbonyl (C=O) groups excluding carboxylic acids is 1. The number of nitrogens with zero attached hydrogens (tertiary/aromatic N) is 1. The summed E-state index contributed by atoms with van der Waals surface area (Å²) in [6, 6.07) is 0.0733. The van der Waals surface area contributed by atoms with Crippen molar-refractivity contribution >= 4 is 6.03 Å². The van der Waals surface area contributed by atoms with Crippen LogP contribution in [0.25, 0.3) is 0 Å². The lowest BCUT2D eigenvalue weighted by Crippen LogP contribution is -2.38. The molecule has 0 saturated carbocycles. The molecule has 1 heterocycles. The second-order valence-corrected chi connectivity index (χ2v) is 4.36. The molecule has 4 heteroatoms. The minimum absolute atomic E-state index is 0.0733. The third kappa shape index (κ3) is 4.51. The number of nitrogens with one attached hydrogen (secondary N) is 1. The van der Waals surface area contributed by atoms with Gasteiger partial charge in [-0.15, -0.1) is 0 Å². The van der Waals surface area contributed by atoms with Crippen LogP contribution in [-0.4, -0.2) is 42.3 Å². The van der Waals surface area contributed by atoms with Crippen LogP contribution >= 0.6 is 0 Å². The minimum Gasteiger partial charge on any atom is -0.396 e. The van der Waals surface area contributed by atoms with Crippen molar-refractivity contribution in [2.24, 2.45) is 5.92 Å². The average molecular weight is 214 g/mol. The van der Waals surface area contributed by atoms with Crippen molar-refractivity contribution in [3.8, 4) is 0 Å². The van der Waals surface area contributed by atoms with E-state index in [1.54, 1.807) is 0 Å². The minimum atomic E-state index is 0.0733. The Balaban J connectivity index is 2.01. The molecule has 1 saturated heterocycles. The molecule has 1 fully saturated rings. The molecule has 1 rings (SSSR count). The number of carbonyl (C=O) groups is 1. The van der Waals surface area contributed by atoms with E-state index in [4.69, 9.17) is 5.11 Å². The van der Waals surface area contributed by atoms with E-state index >= 15 is 0 Å². The van der Waals surface area contributed by atoms with Gasteiger partial charge in [-0.3, -0.25) is 0 Å². The van der Waals surface area contributed by atoms with Crippen LogP contribution in [0.5, 0.6) is 0 Å². The SMILES string of the molecule is CC(CO)CCCNC(=O)N1CCCC1. The molecule has 1 aliphatic rings. The molecule has 0 aromatic heterocycles. The van der Waals surface area contributed by atoms with E-state index < -0.39 is 0 Å². The molecule has 88 valence electrons. The molecular weight excluding hydrogens is 192 g/mol. The standard InChI is InChI=1S/C11H22N2O2/c1-10(9-14)5-4-6-12-11(15)13-7-2-3-8-13/h10,14H,2-9H2,1H3,(H,12,15). The van der Waals surface area contributed by atoms with Crippen molar-refractivity contribution in [1.82, 2.24) is 10.2 Å². The Morgan fingerprint density at radius 1 is 1.47 bits per heavy atom. The zero-order chi connectivity index (χ0) is 11.1. The van der Waals surface area contributed by atoms with Gasteiger partial charge in [0, 0.05) is 26.2 Å². The molecule has 1 atom stereocenters. The summed E-state index contributed by atoms with van der Waals surface area (Å²) in [6.07, 6.45) is 4.18. The van der Waals surface area contributed by atoms with Crippen molar-refractivity contribution in [1.29, 1.82) is 0 Å². The van der Waals surface area contributed by atoms with Crippen molar-refractivity contribution in [2.45, 2.75) is 32.6 Å². The number of urea groups is 1.